The molecule has 0 aliphatic carbocycles. The van der Waals surface area contributed by atoms with E-state index in [-0.39, 0.29) is 18.9 Å². The molecule has 44 valence electrons. The van der Waals surface area contributed by atoms with Crippen LogP contribution in [0.5, 0.6) is 0 Å². The summed E-state index contributed by atoms with van der Waals surface area (Å²) < 4.78 is 0. The van der Waals surface area contributed by atoms with E-state index in [2.05, 4.69) is 9.97 Å². The summed E-state index contributed by atoms with van der Waals surface area (Å²) in [5, 5.41) is 0. The first kappa shape index (κ1) is 7.40. The average molecular weight is 124 g/mol. The Morgan fingerprint density at radius 2 is 2.00 bits per heavy atom. The molecule has 0 aliphatic heterocycles. The predicted molar refractivity (Wildman–Crippen MR) is 35.1 cm³/mol. The maximum atomic E-state index is 4.01. The summed E-state index contributed by atoms with van der Waals surface area (Å²) in [6, 6.07) is 7.80. The van der Waals surface area contributed by atoms with Gasteiger partial charge in [-0.05, 0) is 11.0 Å². The molecule has 0 amide bonds. The molecule has 1 heterocycles. The predicted octanol–water partition coefficient (Wildman–Crippen LogP) is -1.80. The number of hydrogen-bond donors (Lipinski definition) is 0. The summed E-state index contributed by atoms with van der Waals surface area (Å²) in [5.74, 6) is 0. The molecule has 0 radical (unpaired) electrons. The van der Waals surface area contributed by atoms with Gasteiger partial charge in [0, 0.05) is 0 Å². The topological polar surface area (TPSA) is 27.0 Å². The van der Waals surface area contributed by atoms with Crippen molar-refractivity contribution < 1.29 is 18.9 Å². The smallest absolute Gasteiger partial charge is 0.443 e. The van der Waals surface area contributed by atoms with Crippen molar-refractivity contribution in [2.75, 3.05) is 0 Å². The summed E-state index contributed by atoms with van der Waals surface area (Å²) in [7, 11) is 0. The summed E-state index contributed by atoms with van der Waals surface area (Å²) in [6.07, 6.45) is 1.57. The molecular formula is C7H5LiN2. The van der Waals surface area contributed by atoms with Gasteiger partial charge in [-0.3, -0.25) is 0 Å². The fourth-order valence-electron chi connectivity index (χ4n) is 0.836. The Labute approximate surface area is 70.8 Å². The maximum absolute atomic E-state index is 4.01. The third kappa shape index (κ3) is 1.09. The number of para-hydroxylation sites is 2. The third-order valence-corrected chi connectivity index (χ3v) is 1.28. The van der Waals surface area contributed by atoms with Gasteiger partial charge in [-0.25, -0.2) is 0 Å². The van der Waals surface area contributed by atoms with Crippen LogP contribution in [-0.4, -0.2) is 4.98 Å². The number of benzene rings is 1. The van der Waals surface area contributed by atoms with Gasteiger partial charge in [0.2, 0.25) is 0 Å². The van der Waals surface area contributed by atoms with Crippen LogP contribution in [0.3, 0.4) is 0 Å². The van der Waals surface area contributed by atoms with E-state index < -0.39 is 0 Å². The molecule has 10 heavy (non-hydrogen) atoms. The van der Waals surface area contributed by atoms with Crippen molar-refractivity contribution >= 4 is 11.0 Å². The number of nitrogens with zero attached hydrogens (tertiary/aromatic N) is 2. The summed E-state index contributed by atoms with van der Waals surface area (Å²) in [5.41, 5.74) is 1.94. The van der Waals surface area contributed by atoms with Crippen LogP contribution in [-0.2, 0) is 0 Å². The van der Waals surface area contributed by atoms with Crippen LogP contribution in [0.25, 0.3) is 11.0 Å². The molecule has 2 rings (SSSR count). The fourth-order valence-corrected chi connectivity index (χ4v) is 0.836. The van der Waals surface area contributed by atoms with Gasteiger partial charge < -0.3 is 9.97 Å². The molecule has 0 saturated carbocycles. The summed E-state index contributed by atoms with van der Waals surface area (Å²) >= 11 is 0. The van der Waals surface area contributed by atoms with Crippen LogP contribution < -0.4 is 23.8 Å². The zero-order chi connectivity index (χ0) is 6.10. The van der Waals surface area contributed by atoms with Gasteiger partial charge in [0.1, 0.15) is 0 Å². The zero-order valence-corrected chi connectivity index (χ0v) is 5.78. The Morgan fingerprint density at radius 3 is 2.80 bits per heavy atom. The Morgan fingerprint density at radius 1 is 1.20 bits per heavy atom. The van der Waals surface area contributed by atoms with Gasteiger partial charge in [-0.1, -0.05) is 30.6 Å². The average Bonchev–Trinajstić information content (AvgIpc) is 2.33. The van der Waals surface area contributed by atoms with Gasteiger partial charge in [-0.15, -0.1) is 0 Å². The number of rotatable bonds is 0. The third-order valence-electron chi connectivity index (χ3n) is 1.28. The molecule has 0 bridgehead atoms. The van der Waals surface area contributed by atoms with Crippen molar-refractivity contribution in [2.24, 2.45) is 0 Å². The molecule has 1 aromatic carbocycles. The van der Waals surface area contributed by atoms with Crippen LogP contribution in [0.2, 0.25) is 0 Å². The van der Waals surface area contributed by atoms with E-state index in [1.165, 1.54) is 0 Å². The number of hydrogen-bond acceptors (Lipinski definition) is 1. The Kier molecular flexibility index (Phi) is 2.16. The van der Waals surface area contributed by atoms with E-state index in [0.717, 1.165) is 11.0 Å². The zero-order valence-electron chi connectivity index (χ0n) is 5.78. The van der Waals surface area contributed by atoms with Gasteiger partial charge in [-0.2, -0.15) is 0 Å². The Hall–Kier alpha value is -0.713. The second-order valence-corrected chi connectivity index (χ2v) is 1.86. The van der Waals surface area contributed by atoms with E-state index >= 15 is 0 Å². The first-order valence-corrected chi connectivity index (χ1v) is 2.79. The van der Waals surface area contributed by atoms with E-state index in [4.69, 9.17) is 0 Å². The molecule has 0 unspecified atom stereocenters. The molecule has 2 aromatic rings. The van der Waals surface area contributed by atoms with E-state index in [1.54, 1.807) is 6.33 Å². The van der Waals surface area contributed by atoms with Crippen molar-refractivity contribution in [3.8, 4) is 0 Å². The first-order valence-electron chi connectivity index (χ1n) is 2.79. The second kappa shape index (κ2) is 2.92. The SMILES string of the molecule is [Li+].c1ccc2[n-]cnc2c1. The number of fused-ring (bicyclic) bond motifs is 1. The minimum Gasteiger partial charge on any atom is -0.443 e. The van der Waals surface area contributed by atoms with Crippen molar-refractivity contribution in [2.45, 2.75) is 0 Å². The Balaban J connectivity index is 0.000000500. The molecule has 1 aromatic heterocycles. The first-order chi connectivity index (χ1) is 4.47. The minimum atomic E-state index is 0. The van der Waals surface area contributed by atoms with Crippen molar-refractivity contribution in [3.05, 3.63) is 30.6 Å². The number of aromatic nitrogens is 2. The monoisotopic (exact) mass is 124 g/mol. The van der Waals surface area contributed by atoms with Crippen LogP contribution >= 0.6 is 0 Å². The molecule has 0 aliphatic rings. The standard InChI is InChI=1S/C7H5N2.Li/c1-2-4-7-6(3-1)8-5-9-7;/h1-5H;/q-1;+1. The molecule has 2 nitrogen and oxygen atoms in total. The summed E-state index contributed by atoms with van der Waals surface area (Å²) in [4.78, 5) is 8.02. The van der Waals surface area contributed by atoms with Gasteiger partial charge in [0.25, 0.3) is 0 Å². The van der Waals surface area contributed by atoms with Crippen molar-refractivity contribution in [1.29, 1.82) is 0 Å². The van der Waals surface area contributed by atoms with Crippen molar-refractivity contribution in [1.82, 2.24) is 9.97 Å². The van der Waals surface area contributed by atoms with E-state index in [0.29, 0.717) is 0 Å². The van der Waals surface area contributed by atoms with Crippen LogP contribution in [0.4, 0.5) is 0 Å². The normalized spacial score (nSPS) is 9.20. The second-order valence-electron chi connectivity index (χ2n) is 1.86. The fraction of sp³-hybridized carbons (Fsp3) is 0. The largest absolute Gasteiger partial charge is 1.00 e. The molecule has 0 spiro atoms. The molecule has 0 atom stereocenters. The molecular weight excluding hydrogens is 119 g/mol. The minimum absolute atomic E-state index is 0. The molecule has 0 N–H and O–H groups in total. The van der Waals surface area contributed by atoms with E-state index in [9.17, 15) is 0 Å². The number of imidazole rings is 1. The maximum Gasteiger partial charge on any atom is 1.00 e. The Bertz CT molecular complexity index is 286. The van der Waals surface area contributed by atoms with Crippen LogP contribution in [0.1, 0.15) is 0 Å². The van der Waals surface area contributed by atoms with Crippen LogP contribution in [0.15, 0.2) is 30.6 Å². The van der Waals surface area contributed by atoms with Gasteiger partial charge in [0.15, 0.2) is 0 Å². The van der Waals surface area contributed by atoms with Gasteiger partial charge >= 0.3 is 18.9 Å². The molecule has 0 saturated heterocycles. The molecule has 0 fully saturated rings. The molecule has 3 heteroatoms. The van der Waals surface area contributed by atoms with Gasteiger partial charge in [0.05, 0.1) is 0 Å². The van der Waals surface area contributed by atoms with Crippen LogP contribution in [0, 0.1) is 0 Å². The summed E-state index contributed by atoms with van der Waals surface area (Å²) in [6.45, 7) is 0. The van der Waals surface area contributed by atoms with Crippen molar-refractivity contribution in [3.63, 3.8) is 0 Å². The van der Waals surface area contributed by atoms with E-state index in [1.807, 2.05) is 24.3 Å². The quantitative estimate of drug-likeness (QED) is 0.387.